The van der Waals surface area contributed by atoms with Crippen molar-refractivity contribution in [3.63, 3.8) is 0 Å². The molecule has 1 aliphatic rings. The number of hydrogen-bond acceptors (Lipinski definition) is 3. The van der Waals surface area contributed by atoms with Crippen LogP contribution in [0.15, 0.2) is 12.3 Å². The highest BCUT2D eigenvalue weighted by Gasteiger charge is 2.42. The molecule has 0 amide bonds. The zero-order chi connectivity index (χ0) is 13.9. The molecule has 1 aromatic rings. The first-order chi connectivity index (χ1) is 9.01. The third-order valence-electron chi connectivity index (χ3n) is 4.09. The third-order valence-corrected chi connectivity index (χ3v) is 4.66. The van der Waals surface area contributed by atoms with E-state index in [-0.39, 0.29) is 5.60 Å². The molecular formula is C15H23BrN2O. The Labute approximate surface area is 124 Å². The average molecular weight is 327 g/mol. The van der Waals surface area contributed by atoms with Crippen LogP contribution in [0.5, 0.6) is 0 Å². The molecule has 1 fully saturated rings. The molecule has 2 rings (SSSR count). The highest BCUT2D eigenvalue weighted by atomic mass is 79.9. The zero-order valence-electron chi connectivity index (χ0n) is 12.1. The van der Waals surface area contributed by atoms with Crippen LogP contribution in [0.3, 0.4) is 0 Å². The highest BCUT2D eigenvalue weighted by molar-refractivity contribution is 9.08. The lowest BCUT2D eigenvalue weighted by Gasteiger charge is -2.42. The first-order valence-electron chi connectivity index (χ1n) is 7.04. The minimum absolute atomic E-state index is 0.275. The van der Waals surface area contributed by atoms with Crippen LogP contribution in [0.1, 0.15) is 58.0 Å². The van der Waals surface area contributed by atoms with Gasteiger partial charge in [0.2, 0.25) is 0 Å². The van der Waals surface area contributed by atoms with Crippen molar-refractivity contribution in [3.05, 3.63) is 23.8 Å². The molecule has 0 radical (unpaired) electrons. The van der Waals surface area contributed by atoms with Crippen molar-refractivity contribution in [2.45, 2.75) is 57.4 Å². The highest BCUT2D eigenvalue weighted by Crippen LogP contribution is 2.46. The van der Waals surface area contributed by atoms with E-state index >= 15 is 0 Å². The summed E-state index contributed by atoms with van der Waals surface area (Å²) in [6.07, 6.45) is 6.20. The van der Waals surface area contributed by atoms with E-state index in [9.17, 15) is 0 Å². The summed E-state index contributed by atoms with van der Waals surface area (Å²) in [5, 5.41) is 0.760. The largest absolute Gasteiger partial charge is 0.367 e. The summed E-state index contributed by atoms with van der Waals surface area (Å²) in [6.45, 7) is 7.43. The summed E-state index contributed by atoms with van der Waals surface area (Å²) in [4.78, 5) is 9.16. The topological polar surface area (TPSA) is 35.0 Å². The maximum Gasteiger partial charge on any atom is 0.160 e. The lowest BCUT2D eigenvalue weighted by Crippen LogP contribution is -2.39. The van der Waals surface area contributed by atoms with Gasteiger partial charge in [0.05, 0.1) is 5.69 Å². The maximum absolute atomic E-state index is 6.11. The van der Waals surface area contributed by atoms with E-state index in [2.05, 4.69) is 46.7 Å². The molecule has 0 atom stereocenters. The van der Waals surface area contributed by atoms with Gasteiger partial charge in [0.1, 0.15) is 5.60 Å². The van der Waals surface area contributed by atoms with Gasteiger partial charge in [-0.25, -0.2) is 9.97 Å². The number of aromatic nitrogens is 2. The Morgan fingerprint density at radius 3 is 2.53 bits per heavy atom. The van der Waals surface area contributed by atoms with Gasteiger partial charge in [0, 0.05) is 18.1 Å². The van der Waals surface area contributed by atoms with Gasteiger partial charge < -0.3 is 4.74 Å². The lowest BCUT2D eigenvalue weighted by atomic mass is 9.70. The summed E-state index contributed by atoms with van der Waals surface area (Å²) in [5.41, 5.74) is 1.16. The monoisotopic (exact) mass is 326 g/mol. The van der Waals surface area contributed by atoms with Crippen LogP contribution < -0.4 is 0 Å². The Kier molecular flexibility index (Phi) is 4.62. The van der Waals surface area contributed by atoms with Crippen LogP contribution in [0.25, 0.3) is 0 Å². The summed E-state index contributed by atoms with van der Waals surface area (Å²) in [6, 6.07) is 1.95. The van der Waals surface area contributed by atoms with Crippen molar-refractivity contribution < 1.29 is 4.74 Å². The molecule has 19 heavy (non-hydrogen) atoms. The molecule has 0 unspecified atom stereocenters. The fourth-order valence-corrected chi connectivity index (χ4v) is 3.04. The summed E-state index contributed by atoms with van der Waals surface area (Å²) >= 11 is 3.46. The number of halogens is 1. The molecule has 0 saturated heterocycles. The average Bonchev–Trinajstić information content (AvgIpc) is 2.42. The molecule has 1 aliphatic carbocycles. The second kappa shape index (κ2) is 5.88. The smallest absolute Gasteiger partial charge is 0.160 e. The first-order valence-corrected chi connectivity index (χ1v) is 8.16. The van der Waals surface area contributed by atoms with Gasteiger partial charge in [-0.3, -0.25) is 0 Å². The summed E-state index contributed by atoms with van der Waals surface area (Å²) in [7, 11) is 0. The van der Waals surface area contributed by atoms with E-state index in [1.54, 1.807) is 0 Å². The number of nitrogens with zero attached hydrogens (tertiary/aromatic N) is 2. The van der Waals surface area contributed by atoms with Crippen LogP contribution in [-0.2, 0) is 15.7 Å². The molecule has 0 spiro atoms. The predicted molar refractivity (Wildman–Crippen MR) is 80.2 cm³/mol. The minimum Gasteiger partial charge on any atom is -0.367 e. The van der Waals surface area contributed by atoms with Crippen molar-refractivity contribution in [2.75, 3.05) is 6.61 Å². The lowest BCUT2D eigenvalue weighted by molar-refractivity contribution is -0.0948. The fraction of sp³-hybridized carbons (Fsp3) is 0.733. The Balaban J connectivity index is 2.29. The van der Waals surface area contributed by atoms with E-state index in [1.807, 2.05) is 12.3 Å². The Hall–Kier alpha value is -0.480. The number of rotatable bonds is 4. The standard InChI is InChI=1S/C15H23BrN2O/c1-4-19-15(8-6-14(2,3)7-9-15)13-17-10-5-12(11-16)18-13/h5,10H,4,6-9,11H2,1-3H3. The van der Waals surface area contributed by atoms with E-state index in [1.165, 1.54) is 0 Å². The van der Waals surface area contributed by atoms with Gasteiger partial charge in [0.15, 0.2) is 5.82 Å². The van der Waals surface area contributed by atoms with E-state index < -0.39 is 0 Å². The van der Waals surface area contributed by atoms with Gasteiger partial charge in [-0.05, 0) is 44.1 Å². The Morgan fingerprint density at radius 2 is 1.95 bits per heavy atom. The molecule has 0 aromatic carbocycles. The SMILES string of the molecule is CCOC1(c2nccc(CBr)n2)CCC(C)(C)CC1. The molecule has 0 bridgehead atoms. The number of hydrogen-bond donors (Lipinski definition) is 0. The van der Waals surface area contributed by atoms with Crippen LogP contribution in [0.4, 0.5) is 0 Å². The first kappa shape index (κ1) is 14.9. The zero-order valence-corrected chi connectivity index (χ0v) is 13.7. The van der Waals surface area contributed by atoms with E-state index in [0.717, 1.165) is 42.5 Å². The van der Waals surface area contributed by atoms with Crippen molar-refractivity contribution in [1.82, 2.24) is 9.97 Å². The fourth-order valence-electron chi connectivity index (χ4n) is 2.73. The second-order valence-electron chi connectivity index (χ2n) is 6.10. The van der Waals surface area contributed by atoms with Crippen LogP contribution in [0.2, 0.25) is 0 Å². The van der Waals surface area contributed by atoms with Crippen molar-refractivity contribution >= 4 is 15.9 Å². The van der Waals surface area contributed by atoms with Gasteiger partial charge in [0.25, 0.3) is 0 Å². The molecule has 0 N–H and O–H groups in total. The second-order valence-corrected chi connectivity index (χ2v) is 6.66. The molecular weight excluding hydrogens is 304 g/mol. The molecule has 1 heterocycles. The predicted octanol–water partition coefficient (Wildman–Crippen LogP) is 4.20. The van der Waals surface area contributed by atoms with Gasteiger partial charge in [-0.15, -0.1) is 0 Å². The number of alkyl halides is 1. The quantitative estimate of drug-likeness (QED) is 0.777. The molecule has 0 aliphatic heterocycles. The summed E-state index contributed by atoms with van der Waals surface area (Å²) in [5.74, 6) is 0.863. The van der Waals surface area contributed by atoms with E-state index in [4.69, 9.17) is 4.74 Å². The van der Waals surface area contributed by atoms with Crippen LogP contribution >= 0.6 is 15.9 Å². The normalized spacial score (nSPS) is 21.3. The van der Waals surface area contributed by atoms with Gasteiger partial charge in [-0.2, -0.15) is 0 Å². The van der Waals surface area contributed by atoms with Crippen molar-refractivity contribution in [3.8, 4) is 0 Å². The summed E-state index contributed by atoms with van der Waals surface area (Å²) < 4.78 is 6.11. The van der Waals surface area contributed by atoms with Crippen molar-refractivity contribution in [2.24, 2.45) is 5.41 Å². The van der Waals surface area contributed by atoms with E-state index in [0.29, 0.717) is 12.0 Å². The van der Waals surface area contributed by atoms with Crippen LogP contribution in [0, 0.1) is 5.41 Å². The number of ether oxygens (including phenoxy) is 1. The molecule has 1 aromatic heterocycles. The molecule has 4 heteroatoms. The van der Waals surface area contributed by atoms with Gasteiger partial charge >= 0.3 is 0 Å². The molecule has 106 valence electrons. The third kappa shape index (κ3) is 3.34. The minimum atomic E-state index is -0.275. The van der Waals surface area contributed by atoms with Crippen LogP contribution in [-0.4, -0.2) is 16.6 Å². The molecule has 3 nitrogen and oxygen atoms in total. The Bertz CT molecular complexity index is 424. The van der Waals surface area contributed by atoms with Crippen molar-refractivity contribution in [1.29, 1.82) is 0 Å². The maximum atomic E-state index is 6.11. The van der Waals surface area contributed by atoms with Gasteiger partial charge in [-0.1, -0.05) is 29.8 Å². The molecule has 1 saturated carbocycles. The Morgan fingerprint density at radius 1 is 1.26 bits per heavy atom.